The Labute approximate surface area is 127 Å². The van der Waals surface area contributed by atoms with Crippen LogP contribution in [0.15, 0.2) is 12.7 Å². The molecular weight excluding hydrogens is 272 g/mol. The van der Waals surface area contributed by atoms with Crippen LogP contribution in [0.3, 0.4) is 0 Å². The molecule has 2 unspecified atom stereocenters. The van der Waals surface area contributed by atoms with Crippen molar-refractivity contribution >= 4 is 12.0 Å². The Hall–Kier alpha value is -1.56. The van der Waals surface area contributed by atoms with Gasteiger partial charge in [0.1, 0.15) is 0 Å². The number of carboxylic acids is 1. The highest BCUT2D eigenvalue weighted by molar-refractivity contribution is 5.74. The third-order valence-corrected chi connectivity index (χ3v) is 3.27. The minimum absolute atomic E-state index is 0.00774. The van der Waals surface area contributed by atoms with Crippen LogP contribution in [0.5, 0.6) is 0 Å². The zero-order chi connectivity index (χ0) is 16.3. The summed E-state index contributed by atoms with van der Waals surface area (Å²) in [6.45, 7) is 8.72. The number of aliphatic carboxylic acids is 1. The number of amides is 2. The highest BCUT2D eigenvalue weighted by atomic mass is 16.5. The summed E-state index contributed by atoms with van der Waals surface area (Å²) in [5.74, 6) is -1.12. The minimum atomic E-state index is -0.775. The van der Waals surface area contributed by atoms with Gasteiger partial charge in [-0.15, -0.1) is 6.58 Å². The van der Waals surface area contributed by atoms with Gasteiger partial charge in [0.15, 0.2) is 0 Å². The first-order valence-corrected chi connectivity index (χ1v) is 7.30. The predicted molar refractivity (Wildman–Crippen MR) is 82.3 cm³/mol. The average molecular weight is 300 g/mol. The Bertz CT molecular complexity index is 334. The molecule has 0 rings (SSSR count). The zero-order valence-electron chi connectivity index (χ0n) is 13.3. The van der Waals surface area contributed by atoms with Crippen LogP contribution in [0.25, 0.3) is 0 Å². The lowest BCUT2D eigenvalue weighted by molar-refractivity contribution is -0.141. The van der Waals surface area contributed by atoms with Crippen molar-refractivity contribution in [2.75, 3.05) is 26.8 Å². The third kappa shape index (κ3) is 9.07. The molecular formula is C15H28N2O4. The number of rotatable bonds is 11. The second kappa shape index (κ2) is 11.1. The number of nitrogens with zero attached hydrogens (tertiary/aromatic N) is 1. The molecule has 0 bridgehead atoms. The molecule has 6 heteroatoms. The topological polar surface area (TPSA) is 78.9 Å². The molecule has 0 saturated heterocycles. The standard InChI is InChI=1S/C15H28N2O4/c1-5-9-17(10-11-21-4)15(20)16-13(3)8-6-7-12(2)14(18)19/h5,12-13H,1,6-11H2,2-4H3,(H,16,20)(H,18,19). The number of carbonyl (C=O) groups is 2. The van der Waals surface area contributed by atoms with E-state index in [2.05, 4.69) is 11.9 Å². The molecule has 0 aliphatic heterocycles. The van der Waals surface area contributed by atoms with E-state index in [1.807, 2.05) is 6.92 Å². The van der Waals surface area contributed by atoms with Gasteiger partial charge in [-0.1, -0.05) is 19.4 Å². The lowest BCUT2D eigenvalue weighted by atomic mass is 10.0. The van der Waals surface area contributed by atoms with Gasteiger partial charge in [0.25, 0.3) is 0 Å². The van der Waals surface area contributed by atoms with Crippen LogP contribution in [0.2, 0.25) is 0 Å². The molecule has 0 aliphatic rings. The van der Waals surface area contributed by atoms with Crippen molar-refractivity contribution < 1.29 is 19.4 Å². The largest absolute Gasteiger partial charge is 0.481 e. The van der Waals surface area contributed by atoms with Crippen molar-refractivity contribution in [2.45, 2.75) is 39.2 Å². The fourth-order valence-electron chi connectivity index (χ4n) is 1.86. The van der Waals surface area contributed by atoms with E-state index in [4.69, 9.17) is 9.84 Å². The number of urea groups is 1. The maximum Gasteiger partial charge on any atom is 0.317 e. The van der Waals surface area contributed by atoms with Gasteiger partial charge in [-0.05, 0) is 19.8 Å². The van der Waals surface area contributed by atoms with Crippen LogP contribution in [0, 0.1) is 5.92 Å². The van der Waals surface area contributed by atoms with E-state index in [0.717, 1.165) is 12.8 Å². The van der Waals surface area contributed by atoms with E-state index in [9.17, 15) is 9.59 Å². The molecule has 0 heterocycles. The summed E-state index contributed by atoms with van der Waals surface area (Å²) < 4.78 is 4.98. The summed E-state index contributed by atoms with van der Waals surface area (Å²) in [5.41, 5.74) is 0. The fraction of sp³-hybridized carbons (Fsp3) is 0.733. The Morgan fingerprint density at radius 1 is 1.38 bits per heavy atom. The van der Waals surface area contributed by atoms with Gasteiger partial charge in [-0.25, -0.2) is 4.79 Å². The van der Waals surface area contributed by atoms with Gasteiger partial charge in [0.05, 0.1) is 12.5 Å². The van der Waals surface area contributed by atoms with E-state index in [1.54, 1.807) is 25.0 Å². The number of nitrogens with one attached hydrogen (secondary N) is 1. The fourth-order valence-corrected chi connectivity index (χ4v) is 1.86. The molecule has 0 radical (unpaired) electrons. The Kier molecular flexibility index (Phi) is 10.3. The lowest BCUT2D eigenvalue weighted by Gasteiger charge is -2.24. The molecule has 0 aromatic carbocycles. The normalized spacial score (nSPS) is 13.3. The molecule has 2 N–H and O–H groups in total. The summed E-state index contributed by atoms with van der Waals surface area (Å²) >= 11 is 0. The summed E-state index contributed by atoms with van der Waals surface area (Å²) in [5, 5.41) is 11.7. The van der Waals surface area contributed by atoms with Crippen LogP contribution in [0.4, 0.5) is 4.79 Å². The lowest BCUT2D eigenvalue weighted by Crippen LogP contribution is -2.45. The zero-order valence-corrected chi connectivity index (χ0v) is 13.3. The molecule has 0 spiro atoms. The van der Waals surface area contributed by atoms with Gasteiger partial charge in [0, 0.05) is 26.2 Å². The van der Waals surface area contributed by atoms with Gasteiger partial charge in [0.2, 0.25) is 0 Å². The molecule has 6 nitrogen and oxygen atoms in total. The van der Waals surface area contributed by atoms with Crippen LogP contribution >= 0.6 is 0 Å². The Morgan fingerprint density at radius 2 is 2.05 bits per heavy atom. The first-order valence-electron chi connectivity index (χ1n) is 7.30. The quantitative estimate of drug-likeness (QED) is 0.573. The predicted octanol–water partition coefficient (Wildman–Crippen LogP) is 2.11. The van der Waals surface area contributed by atoms with Crippen molar-refractivity contribution in [3.8, 4) is 0 Å². The smallest absolute Gasteiger partial charge is 0.317 e. The molecule has 0 aromatic rings. The SMILES string of the molecule is C=CCN(CCOC)C(=O)NC(C)CCCC(C)C(=O)O. The molecule has 0 aliphatic carbocycles. The summed E-state index contributed by atoms with van der Waals surface area (Å²) in [7, 11) is 1.59. The summed E-state index contributed by atoms with van der Waals surface area (Å²) in [6.07, 6.45) is 3.83. The molecule has 0 aromatic heterocycles. The molecule has 2 amide bonds. The van der Waals surface area contributed by atoms with Crippen LogP contribution in [0.1, 0.15) is 33.1 Å². The monoisotopic (exact) mass is 300 g/mol. The van der Waals surface area contributed by atoms with E-state index in [1.165, 1.54) is 0 Å². The highest BCUT2D eigenvalue weighted by Crippen LogP contribution is 2.09. The van der Waals surface area contributed by atoms with E-state index in [0.29, 0.717) is 26.1 Å². The van der Waals surface area contributed by atoms with Crippen molar-refractivity contribution in [1.29, 1.82) is 0 Å². The van der Waals surface area contributed by atoms with Crippen molar-refractivity contribution in [3.05, 3.63) is 12.7 Å². The van der Waals surface area contributed by atoms with Crippen molar-refractivity contribution in [3.63, 3.8) is 0 Å². The van der Waals surface area contributed by atoms with E-state index >= 15 is 0 Å². The minimum Gasteiger partial charge on any atom is -0.481 e. The van der Waals surface area contributed by atoms with Crippen LogP contribution in [-0.2, 0) is 9.53 Å². The average Bonchev–Trinajstić information content (AvgIpc) is 2.42. The maximum absolute atomic E-state index is 12.1. The maximum atomic E-state index is 12.1. The third-order valence-electron chi connectivity index (χ3n) is 3.27. The number of ether oxygens (including phenoxy) is 1. The number of hydrogen-bond donors (Lipinski definition) is 2. The molecule has 2 atom stereocenters. The Balaban J connectivity index is 4.09. The van der Waals surface area contributed by atoms with Crippen molar-refractivity contribution in [2.24, 2.45) is 5.92 Å². The van der Waals surface area contributed by atoms with E-state index in [-0.39, 0.29) is 18.0 Å². The van der Waals surface area contributed by atoms with E-state index < -0.39 is 5.97 Å². The van der Waals surface area contributed by atoms with Crippen molar-refractivity contribution in [1.82, 2.24) is 10.2 Å². The van der Waals surface area contributed by atoms with Gasteiger partial charge in [-0.2, -0.15) is 0 Å². The Morgan fingerprint density at radius 3 is 2.57 bits per heavy atom. The second-order valence-corrected chi connectivity index (χ2v) is 5.25. The molecule has 0 saturated carbocycles. The first kappa shape index (κ1) is 19.4. The van der Waals surface area contributed by atoms with Gasteiger partial charge < -0.3 is 20.1 Å². The first-order chi connectivity index (χ1) is 9.92. The highest BCUT2D eigenvalue weighted by Gasteiger charge is 2.15. The van der Waals surface area contributed by atoms with Crippen LogP contribution < -0.4 is 5.32 Å². The second-order valence-electron chi connectivity index (χ2n) is 5.25. The number of methoxy groups -OCH3 is 1. The number of hydrogen-bond acceptors (Lipinski definition) is 3. The van der Waals surface area contributed by atoms with Crippen LogP contribution in [-0.4, -0.2) is 54.9 Å². The number of carbonyl (C=O) groups excluding carboxylic acids is 1. The molecule has 0 fully saturated rings. The molecule has 122 valence electrons. The number of carboxylic acid groups (broad SMARTS) is 1. The van der Waals surface area contributed by atoms with Gasteiger partial charge in [-0.3, -0.25) is 4.79 Å². The molecule has 21 heavy (non-hydrogen) atoms. The summed E-state index contributed by atoms with van der Waals surface area (Å²) in [6, 6.07) is -0.140. The van der Waals surface area contributed by atoms with Gasteiger partial charge >= 0.3 is 12.0 Å². The summed E-state index contributed by atoms with van der Waals surface area (Å²) in [4.78, 5) is 24.4.